The van der Waals surface area contributed by atoms with Crippen LogP contribution in [0.15, 0.2) is 72.0 Å². The van der Waals surface area contributed by atoms with E-state index in [9.17, 15) is 10.1 Å². The van der Waals surface area contributed by atoms with Crippen molar-refractivity contribution in [3.63, 3.8) is 0 Å². The van der Waals surface area contributed by atoms with E-state index >= 15 is 0 Å². The van der Waals surface area contributed by atoms with Crippen molar-refractivity contribution in [2.75, 3.05) is 5.43 Å². The summed E-state index contributed by atoms with van der Waals surface area (Å²) in [5.74, 6) is 0.252. The van der Waals surface area contributed by atoms with Crippen molar-refractivity contribution in [2.45, 2.75) is 6.92 Å². The number of anilines is 1. The zero-order valence-corrected chi connectivity index (χ0v) is 14.0. The summed E-state index contributed by atoms with van der Waals surface area (Å²) in [7, 11) is 0. The summed E-state index contributed by atoms with van der Waals surface area (Å²) < 4.78 is 0. The van der Waals surface area contributed by atoms with Crippen molar-refractivity contribution in [3.8, 4) is 17.3 Å². The van der Waals surface area contributed by atoms with Gasteiger partial charge in [0.25, 0.3) is 0 Å². The molecule has 3 rings (SSSR count). The van der Waals surface area contributed by atoms with E-state index < -0.39 is 5.78 Å². The normalized spacial score (nSPS) is 10.8. The zero-order chi connectivity index (χ0) is 18.4. The molecule has 0 spiro atoms. The highest BCUT2D eigenvalue weighted by Crippen LogP contribution is 2.20. The molecule has 0 bridgehead atoms. The molecule has 0 atom stereocenters. The quantitative estimate of drug-likeness (QED) is 0.435. The maximum absolute atomic E-state index is 12.3. The Hall–Kier alpha value is -3.85. The number of benzene rings is 2. The largest absolute Gasteiger partial charge is 0.286 e. The molecule has 126 valence electrons. The Balaban J connectivity index is 1.82. The van der Waals surface area contributed by atoms with Gasteiger partial charge in [0.15, 0.2) is 0 Å². The Labute approximate surface area is 150 Å². The molecular weight excluding hydrogens is 326 g/mol. The van der Waals surface area contributed by atoms with Gasteiger partial charge in [-0.25, -0.2) is 9.97 Å². The lowest BCUT2D eigenvalue weighted by Gasteiger charge is -2.05. The van der Waals surface area contributed by atoms with Crippen LogP contribution in [0.1, 0.15) is 16.2 Å². The van der Waals surface area contributed by atoms with Crippen molar-refractivity contribution in [3.05, 3.63) is 78.2 Å². The monoisotopic (exact) mass is 341 g/mol. The third-order valence-corrected chi connectivity index (χ3v) is 3.59. The molecule has 6 heteroatoms. The molecule has 0 radical (unpaired) electrons. The fourth-order valence-electron chi connectivity index (χ4n) is 2.34. The number of aromatic nitrogens is 2. The lowest BCUT2D eigenvalue weighted by atomic mass is 10.1. The van der Waals surface area contributed by atoms with Crippen LogP contribution in [0, 0.1) is 18.3 Å². The van der Waals surface area contributed by atoms with E-state index in [1.54, 1.807) is 42.6 Å². The molecule has 0 saturated carbocycles. The Bertz CT molecular complexity index is 1010. The smallest absolute Gasteiger partial charge is 0.223 e. The van der Waals surface area contributed by atoms with Crippen LogP contribution in [0.25, 0.3) is 11.3 Å². The maximum atomic E-state index is 12.3. The molecule has 1 aromatic heterocycles. The molecule has 0 aliphatic heterocycles. The zero-order valence-electron chi connectivity index (χ0n) is 14.0. The molecule has 0 aliphatic carbocycles. The van der Waals surface area contributed by atoms with Crippen molar-refractivity contribution in [2.24, 2.45) is 5.10 Å². The Morgan fingerprint density at radius 1 is 1.12 bits per heavy atom. The molecule has 26 heavy (non-hydrogen) atoms. The highest BCUT2D eigenvalue weighted by Gasteiger charge is 2.13. The first-order chi connectivity index (χ1) is 12.7. The minimum Gasteiger partial charge on any atom is -0.286 e. The summed E-state index contributed by atoms with van der Waals surface area (Å²) in [6.07, 6.45) is 1.70. The van der Waals surface area contributed by atoms with E-state index in [1.165, 1.54) is 0 Å². The number of hydrogen-bond acceptors (Lipinski definition) is 6. The summed E-state index contributed by atoms with van der Waals surface area (Å²) >= 11 is 0. The summed E-state index contributed by atoms with van der Waals surface area (Å²) in [4.78, 5) is 20.8. The van der Waals surface area contributed by atoms with Crippen LogP contribution in [0.2, 0.25) is 0 Å². The van der Waals surface area contributed by atoms with Crippen LogP contribution in [0.3, 0.4) is 0 Å². The Morgan fingerprint density at radius 2 is 1.92 bits per heavy atom. The molecule has 1 heterocycles. The molecule has 0 unspecified atom stereocenters. The van der Waals surface area contributed by atoms with E-state index in [2.05, 4.69) is 20.5 Å². The fraction of sp³-hybridized carbons (Fsp3) is 0.0500. The number of nitrogens with zero attached hydrogens (tertiary/aromatic N) is 4. The molecule has 1 N–H and O–H groups in total. The molecule has 0 amide bonds. The number of Topliss-reactive ketones (excluding diaryl/α,β-unsaturated/α-hetero) is 1. The van der Waals surface area contributed by atoms with E-state index in [0.717, 1.165) is 11.3 Å². The molecule has 0 fully saturated rings. The lowest BCUT2D eigenvalue weighted by Crippen LogP contribution is -2.14. The van der Waals surface area contributed by atoms with E-state index in [0.29, 0.717) is 17.1 Å². The summed E-state index contributed by atoms with van der Waals surface area (Å²) in [6, 6.07) is 19.6. The standard InChI is InChI=1S/C20H15N5O/c1-14-22-11-10-18(23-14)16-8-5-9-17(12-16)24-25-19(13-21)20(26)15-6-3-2-4-7-15/h2-12,24H,1H3/b25-19+. The number of hydrogen-bond donors (Lipinski definition) is 1. The first-order valence-electron chi connectivity index (χ1n) is 7.91. The number of carbonyl (C=O) groups excluding carboxylic acids is 1. The van der Waals surface area contributed by atoms with Crippen molar-refractivity contribution < 1.29 is 4.79 Å². The fourth-order valence-corrected chi connectivity index (χ4v) is 2.34. The van der Waals surface area contributed by atoms with Gasteiger partial charge in [0.1, 0.15) is 11.9 Å². The molecule has 3 aromatic rings. The van der Waals surface area contributed by atoms with Gasteiger partial charge < -0.3 is 0 Å². The summed E-state index contributed by atoms with van der Waals surface area (Å²) in [5.41, 5.74) is 5.29. The average Bonchev–Trinajstić information content (AvgIpc) is 2.69. The average molecular weight is 341 g/mol. The van der Waals surface area contributed by atoms with Gasteiger partial charge in [-0.2, -0.15) is 10.4 Å². The van der Waals surface area contributed by atoms with Crippen LogP contribution in [-0.4, -0.2) is 21.5 Å². The highest BCUT2D eigenvalue weighted by atomic mass is 16.1. The van der Waals surface area contributed by atoms with Gasteiger partial charge in [0, 0.05) is 17.3 Å². The number of nitriles is 1. The maximum Gasteiger partial charge on any atom is 0.223 e. The van der Waals surface area contributed by atoms with Crippen LogP contribution in [0.4, 0.5) is 5.69 Å². The van der Waals surface area contributed by atoms with Crippen LogP contribution in [0.5, 0.6) is 0 Å². The van der Waals surface area contributed by atoms with Crippen molar-refractivity contribution in [1.29, 1.82) is 5.26 Å². The third kappa shape index (κ3) is 3.97. The topological polar surface area (TPSA) is 91.0 Å². The minimum atomic E-state index is -0.428. The molecule has 0 aliphatic rings. The molecular formula is C20H15N5O. The second-order valence-corrected chi connectivity index (χ2v) is 5.45. The Morgan fingerprint density at radius 3 is 2.65 bits per heavy atom. The third-order valence-electron chi connectivity index (χ3n) is 3.59. The SMILES string of the molecule is Cc1nccc(-c2cccc(N/N=C(\C#N)C(=O)c3ccccc3)c2)n1. The van der Waals surface area contributed by atoms with E-state index in [4.69, 9.17) is 0 Å². The minimum absolute atomic E-state index is 0.209. The number of aryl methyl sites for hydroxylation is 1. The predicted octanol–water partition coefficient (Wildman–Crippen LogP) is 3.63. The summed E-state index contributed by atoms with van der Waals surface area (Å²) in [5, 5.41) is 13.2. The number of nitrogens with one attached hydrogen (secondary N) is 1. The van der Waals surface area contributed by atoms with Gasteiger partial charge in [-0.1, -0.05) is 42.5 Å². The number of ketones is 1. The molecule has 2 aromatic carbocycles. The second kappa shape index (κ2) is 7.81. The lowest BCUT2D eigenvalue weighted by molar-refractivity contribution is 0.106. The second-order valence-electron chi connectivity index (χ2n) is 5.45. The van der Waals surface area contributed by atoms with E-state index in [1.807, 2.05) is 37.3 Å². The first kappa shape index (κ1) is 17.0. The van der Waals surface area contributed by atoms with Crippen molar-refractivity contribution in [1.82, 2.24) is 9.97 Å². The van der Waals surface area contributed by atoms with Crippen LogP contribution >= 0.6 is 0 Å². The van der Waals surface area contributed by atoms with Gasteiger partial charge in [-0.15, -0.1) is 0 Å². The van der Waals surface area contributed by atoms with Gasteiger partial charge in [-0.05, 0) is 25.1 Å². The van der Waals surface area contributed by atoms with Gasteiger partial charge >= 0.3 is 0 Å². The predicted molar refractivity (Wildman–Crippen MR) is 99.6 cm³/mol. The summed E-state index contributed by atoms with van der Waals surface area (Å²) in [6.45, 7) is 1.82. The number of carbonyl (C=O) groups is 1. The molecule has 0 saturated heterocycles. The van der Waals surface area contributed by atoms with Gasteiger partial charge in [0.05, 0.1) is 11.4 Å². The van der Waals surface area contributed by atoms with E-state index in [-0.39, 0.29) is 5.71 Å². The van der Waals surface area contributed by atoms with Gasteiger partial charge in [0.2, 0.25) is 11.5 Å². The van der Waals surface area contributed by atoms with Crippen molar-refractivity contribution >= 4 is 17.2 Å². The molecule has 6 nitrogen and oxygen atoms in total. The highest BCUT2D eigenvalue weighted by molar-refractivity contribution is 6.51. The van der Waals surface area contributed by atoms with Gasteiger partial charge in [-0.3, -0.25) is 10.2 Å². The van der Waals surface area contributed by atoms with Crippen LogP contribution in [-0.2, 0) is 0 Å². The van der Waals surface area contributed by atoms with Crippen LogP contribution < -0.4 is 5.43 Å². The Kier molecular flexibility index (Phi) is 5.11. The first-order valence-corrected chi connectivity index (χ1v) is 7.91. The number of rotatable bonds is 5. The number of hydrazone groups is 1.